The smallest absolute Gasteiger partial charge is 0.257 e. The zero-order chi connectivity index (χ0) is 16.4. The quantitative estimate of drug-likeness (QED) is 0.697. The molecular weight excluding hydrogens is 328 g/mol. The molecular formula is C15H18N6O2S. The van der Waals surface area contributed by atoms with Crippen molar-refractivity contribution in [3.05, 3.63) is 36.1 Å². The van der Waals surface area contributed by atoms with E-state index in [1.165, 1.54) is 6.33 Å². The summed E-state index contributed by atoms with van der Waals surface area (Å²) in [6, 6.07) is 4.01. The molecule has 4 heterocycles. The van der Waals surface area contributed by atoms with E-state index in [2.05, 4.69) is 32.1 Å². The summed E-state index contributed by atoms with van der Waals surface area (Å²) in [6.07, 6.45) is 3.31. The molecule has 0 unspecified atom stereocenters. The molecule has 0 amide bonds. The maximum atomic E-state index is 5.86. The van der Waals surface area contributed by atoms with Gasteiger partial charge in [-0.2, -0.15) is 5.10 Å². The maximum absolute atomic E-state index is 5.86. The van der Waals surface area contributed by atoms with E-state index in [4.69, 9.17) is 9.15 Å². The van der Waals surface area contributed by atoms with Gasteiger partial charge in [-0.15, -0.1) is 21.5 Å². The van der Waals surface area contributed by atoms with Crippen LogP contribution in [-0.4, -0.2) is 55.7 Å². The maximum Gasteiger partial charge on any atom is 0.257 e. The van der Waals surface area contributed by atoms with Crippen LogP contribution in [0, 0.1) is 0 Å². The molecule has 0 aromatic carbocycles. The zero-order valence-electron chi connectivity index (χ0n) is 13.3. The zero-order valence-corrected chi connectivity index (χ0v) is 14.1. The van der Waals surface area contributed by atoms with Crippen molar-refractivity contribution in [2.75, 3.05) is 19.7 Å². The summed E-state index contributed by atoms with van der Waals surface area (Å²) < 4.78 is 13.5. The van der Waals surface area contributed by atoms with Crippen LogP contribution in [0.1, 0.15) is 18.9 Å². The second kappa shape index (κ2) is 6.80. The minimum atomic E-state index is 0.0494. The first-order chi connectivity index (χ1) is 11.8. The molecule has 0 saturated carbocycles. The van der Waals surface area contributed by atoms with E-state index in [1.807, 2.05) is 17.5 Å². The SMILES string of the molecule is C[C@H](c1nnc(-c2cccs2)o1)N1CCO[C@@H](Cn2cncn2)C1. The van der Waals surface area contributed by atoms with Gasteiger partial charge in [-0.1, -0.05) is 6.07 Å². The van der Waals surface area contributed by atoms with Crippen molar-refractivity contribution in [2.24, 2.45) is 0 Å². The van der Waals surface area contributed by atoms with Crippen molar-refractivity contribution >= 4 is 11.3 Å². The molecule has 0 N–H and O–H groups in total. The highest BCUT2D eigenvalue weighted by Gasteiger charge is 2.28. The van der Waals surface area contributed by atoms with E-state index in [0.717, 1.165) is 18.0 Å². The fourth-order valence-electron chi connectivity index (χ4n) is 2.80. The number of hydrogen-bond donors (Lipinski definition) is 0. The fourth-order valence-corrected chi connectivity index (χ4v) is 3.44. The summed E-state index contributed by atoms with van der Waals surface area (Å²) in [5.41, 5.74) is 0. The predicted molar refractivity (Wildman–Crippen MR) is 87.4 cm³/mol. The number of hydrogen-bond acceptors (Lipinski definition) is 8. The number of rotatable bonds is 5. The molecule has 4 rings (SSSR count). The number of thiophene rings is 1. The molecule has 8 nitrogen and oxygen atoms in total. The molecule has 126 valence electrons. The molecule has 3 aromatic rings. The lowest BCUT2D eigenvalue weighted by atomic mass is 10.2. The summed E-state index contributed by atoms with van der Waals surface area (Å²) in [5.74, 6) is 1.22. The molecule has 1 saturated heterocycles. The Labute approximate surface area is 143 Å². The highest BCUT2D eigenvalue weighted by atomic mass is 32.1. The van der Waals surface area contributed by atoms with Crippen LogP contribution in [0.5, 0.6) is 0 Å². The Morgan fingerprint density at radius 2 is 2.38 bits per heavy atom. The second-order valence-electron chi connectivity index (χ2n) is 5.70. The lowest BCUT2D eigenvalue weighted by Gasteiger charge is -2.35. The molecule has 9 heteroatoms. The second-order valence-corrected chi connectivity index (χ2v) is 6.65. The van der Waals surface area contributed by atoms with Crippen LogP contribution in [0.15, 0.2) is 34.6 Å². The highest BCUT2D eigenvalue weighted by Crippen LogP contribution is 2.27. The lowest BCUT2D eigenvalue weighted by Crippen LogP contribution is -2.45. The van der Waals surface area contributed by atoms with Gasteiger partial charge >= 0.3 is 0 Å². The topological polar surface area (TPSA) is 82.1 Å². The summed E-state index contributed by atoms with van der Waals surface area (Å²) in [4.78, 5) is 7.26. The summed E-state index contributed by atoms with van der Waals surface area (Å²) in [6.45, 7) is 5.08. The van der Waals surface area contributed by atoms with Crippen LogP contribution in [0.25, 0.3) is 10.8 Å². The van der Waals surface area contributed by atoms with Crippen LogP contribution >= 0.6 is 11.3 Å². The highest BCUT2D eigenvalue weighted by molar-refractivity contribution is 7.13. The van der Waals surface area contributed by atoms with Gasteiger partial charge < -0.3 is 9.15 Å². The van der Waals surface area contributed by atoms with Gasteiger partial charge in [-0.3, -0.25) is 9.58 Å². The first-order valence-electron chi connectivity index (χ1n) is 7.85. The van der Waals surface area contributed by atoms with Crippen LogP contribution < -0.4 is 0 Å². The van der Waals surface area contributed by atoms with Crippen LogP contribution in [0.2, 0.25) is 0 Å². The lowest BCUT2D eigenvalue weighted by molar-refractivity contribution is -0.0526. The largest absolute Gasteiger partial charge is 0.418 e. The monoisotopic (exact) mass is 346 g/mol. The molecule has 1 fully saturated rings. The standard InChI is InChI=1S/C15H18N6O2S/c1-11(14-18-19-15(23-14)13-3-2-6-24-13)20-4-5-22-12(7-20)8-21-10-16-9-17-21/h2-3,6,9-12H,4-5,7-8H2,1H3/t11-,12-/m1/s1. The Kier molecular flexibility index (Phi) is 4.37. The first-order valence-corrected chi connectivity index (χ1v) is 8.73. The summed E-state index contributed by atoms with van der Waals surface area (Å²) >= 11 is 1.59. The minimum absolute atomic E-state index is 0.0494. The van der Waals surface area contributed by atoms with Crippen molar-refractivity contribution in [3.8, 4) is 10.8 Å². The van der Waals surface area contributed by atoms with Gasteiger partial charge in [0.15, 0.2) is 0 Å². The average molecular weight is 346 g/mol. The molecule has 1 aliphatic heterocycles. The number of aromatic nitrogens is 5. The van der Waals surface area contributed by atoms with Gasteiger partial charge in [0.1, 0.15) is 12.7 Å². The molecule has 3 aromatic heterocycles. The third kappa shape index (κ3) is 3.23. The Morgan fingerprint density at radius 3 is 3.17 bits per heavy atom. The Bertz CT molecular complexity index is 757. The van der Waals surface area contributed by atoms with Crippen LogP contribution in [0.3, 0.4) is 0 Å². The van der Waals surface area contributed by atoms with Crippen molar-refractivity contribution in [2.45, 2.75) is 25.6 Å². The average Bonchev–Trinajstić information content (AvgIpc) is 3.35. The van der Waals surface area contributed by atoms with E-state index >= 15 is 0 Å². The van der Waals surface area contributed by atoms with Crippen LogP contribution in [0.4, 0.5) is 0 Å². The molecule has 0 aliphatic carbocycles. The Morgan fingerprint density at radius 1 is 1.42 bits per heavy atom. The van der Waals surface area contributed by atoms with Crippen molar-refractivity contribution < 1.29 is 9.15 Å². The van der Waals surface area contributed by atoms with Crippen molar-refractivity contribution in [1.29, 1.82) is 0 Å². The van der Waals surface area contributed by atoms with Crippen molar-refractivity contribution in [3.63, 3.8) is 0 Å². The predicted octanol–water partition coefficient (Wildman–Crippen LogP) is 1.85. The van der Waals surface area contributed by atoms with E-state index in [1.54, 1.807) is 22.3 Å². The van der Waals surface area contributed by atoms with Gasteiger partial charge in [-0.25, -0.2) is 4.98 Å². The van der Waals surface area contributed by atoms with Crippen molar-refractivity contribution in [1.82, 2.24) is 29.9 Å². The number of ether oxygens (including phenoxy) is 1. The first kappa shape index (κ1) is 15.4. The van der Waals surface area contributed by atoms with Gasteiger partial charge in [0.25, 0.3) is 5.89 Å². The van der Waals surface area contributed by atoms with Crippen LogP contribution in [-0.2, 0) is 11.3 Å². The van der Waals surface area contributed by atoms with E-state index in [9.17, 15) is 0 Å². The molecule has 2 atom stereocenters. The fraction of sp³-hybridized carbons (Fsp3) is 0.467. The normalized spacial score (nSPS) is 20.3. The summed E-state index contributed by atoms with van der Waals surface area (Å²) in [7, 11) is 0. The number of nitrogens with zero attached hydrogens (tertiary/aromatic N) is 6. The van der Waals surface area contributed by atoms with Gasteiger partial charge in [0, 0.05) is 13.1 Å². The number of morpholine rings is 1. The third-order valence-corrected chi connectivity index (χ3v) is 4.96. The van der Waals surface area contributed by atoms with Gasteiger partial charge in [0.05, 0.1) is 30.2 Å². The van der Waals surface area contributed by atoms with E-state index in [0.29, 0.717) is 24.9 Å². The molecule has 24 heavy (non-hydrogen) atoms. The van der Waals surface area contributed by atoms with Gasteiger partial charge in [0.2, 0.25) is 5.89 Å². The van der Waals surface area contributed by atoms with E-state index in [-0.39, 0.29) is 12.1 Å². The van der Waals surface area contributed by atoms with E-state index < -0.39 is 0 Å². The minimum Gasteiger partial charge on any atom is -0.418 e. The molecule has 1 aliphatic rings. The molecule has 0 radical (unpaired) electrons. The molecule has 0 bridgehead atoms. The third-order valence-electron chi connectivity index (χ3n) is 4.11. The Balaban J connectivity index is 1.43. The molecule has 0 spiro atoms. The Hall–Kier alpha value is -2.10. The van der Waals surface area contributed by atoms with Gasteiger partial charge in [-0.05, 0) is 18.4 Å². The summed E-state index contributed by atoms with van der Waals surface area (Å²) in [5, 5.41) is 14.5.